The van der Waals surface area contributed by atoms with Crippen molar-refractivity contribution in [1.82, 2.24) is 5.32 Å². The zero-order valence-corrected chi connectivity index (χ0v) is 7.93. The summed E-state index contributed by atoms with van der Waals surface area (Å²) in [6, 6.07) is 1.46. The van der Waals surface area contributed by atoms with Gasteiger partial charge in [0.25, 0.3) is 0 Å². The highest BCUT2D eigenvalue weighted by Gasteiger charge is 2.42. The summed E-state index contributed by atoms with van der Waals surface area (Å²) in [6.45, 7) is 1.74. The van der Waals surface area contributed by atoms with Crippen molar-refractivity contribution in [3.8, 4) is 6.07 Å². The van der Waals surface area contributed by atoms with Crippen LogP contribution in [0.1, 0.15) is 19.8 Å². The molecule has 2 nitrogen and oxygen atoms in total. The largest absolute Gasteiger partial charge is 0.405 e. The van der Waals surface area contributed by atoms with Crippen molar-refractivity contribution >= 4 is 0 Å². The number of hydrogen-bond donors (Lipinski definition) is 1. The van der Waals surface area contributed by atoms with Crippen LogP contribution in [0.5, 0.6) is 0 Å². The summed E-state index contributed by atoms with van der Waals surface area (Å²) in [5.41, 5.74) is 0. The van der Waals surface area contributed by atoms with Crippen LogP contribution in [0.3, 0.4) is 0 Å². The minimum absolute atomic E-state index is 0.193. The van der Waals surface area contributed by atoms with E-state index in [1.807, 2.05) is 6.92 Å². The Bertz CT molecular complexity index is 231. The van der Waals surface area contributed by atoms with Crippen LogP contribution in [0, 0.1) is 23.2 Å². The monoisotopic (exact) mass is 206 g/mol. The van der Waals surface area contributed by atoms with Crippen molar-refractivity contribution in [2.45, 2.75) is 32.0 Å². The van der Waals surface area contributed by atoms with E-state index in [4.69, 9.17) is 5.26 Å². The van der Waals surface area contributed by atoms with E-state index in [2.05, 4.69) is 5.32 Å². The summed E-state index contributed by atoms with van der Waals surface area (Å²) in [6.07, 6.45) is -2.48. The number of halogens is 3. The van der Waals surface area contributed by atoms with Crippen LogP contribution in [-0.4, -0.2) is 18.8 Å². The molecule has 0 spiro atoms. The summed E-state index contributed by atoms with van der Waals surface area (Å²) in [5, 5.41) is 11.1. The highest BCUT2D eigenvalue weighted by atomic mass is 19.4. The van der Waals surface area contributed by atoms with Gasteiger partial charge in [-0.3, -0.25) is 0 Å². The van der Waals surface area contributed by atoms with E-state index in [1.54, 1.807) is 0 Å². The fourth-order valence-electron chi connectivity index (χ4n) is 1.45. The average molecular weight is 206 g/mol. The second kappa shape index (κ2) is 4.18. The topological polar surface area (TPSA) is 35.8 Å². The van der Waals surface area contributed by atoms with E-state index in [0.717, 1.165) is 12.8 Å². The number of nitriles is 1. The molecule has 5 heteroatoms. The fourth-order valence-corrected chi connectivity index (χ4v) is 1.45. The van der Waals surface area contributed by atoms with Gasteiger partial charge in [-0.2, -0.15) is 18.4 Å². The second-order valence-electron chi connectivity index (χ2n) is 3.64. The first kappa shape index (κ1) is 11.3. The Morgan fingerprint density at radius 1 is 1.57 bits per heavy atom. The molecule has 1 aliphatic rings. The first-order chi connectivity index (χ1) is 6.49. The molecular formula is C9H13F3N2. The van der Waals surface area contributed by atoms with Crippen molar-refractivity contribution in [3.63, 3.8) is 0 Å². The Morgan fingerprint density at radius 2 is 2.21 bits per heavy atom. The first-order valence-electron chi connectivity index (χ1n) is 4.68. The molecule has 0 saturated heterocycles. The van der Waals surface area contributed by atoms with E-state index in [1.165, 1.54) is 6.07 Å². The van der Waals surface area contributed by atoms with Gasteiger partial charge in [-0.25, -0.2) is 0 Å². The van der Waals surface area contributed by atoms with Gasteiger partial charge < -0.3 is 5.32 Å². The van der Waals surface area contributed by atoms with Crippen molar-refractivity contribution in [2.24, 2.45) is 11.8 Å². The molecule has 80 valence electrons. The van der Waals surface area contributed by atoms with Crippen LogP contribution in [0.15, 0.2) is 0 Å². The lowest BCUT2D eigenvalue weighted by molar-refractivity contribution is -0.157. The lowest BCUT2D eigenvalue weighted by Gasteiger charge is -2.13. The molecule has 1 N–H and O–H groups in total. The maximum absolute atomic E-state index is 12.1. The van der Waals surface area contributed by atoms with E-state index in [9.17, 15) is 13.2 Å². The molecule has 0 aromatic rings. The van der Waals surface area contributed by atoms with E-state index < -0.39 is 12.1 Å². The highest BCUT2D eigenvalue weighted by molar-refractivity contribution is 4.96. The minimum Gasteiger partial charge on any atom is -0.312 e. The third-order valence-electron chi connectivity index (χ3n) is 2.58. The number of rotatable bonds is 4. The SMILES string of the molecule is CCC1CC1NCC(C#N)C(F)(F)F. The maximum atomic E-state index is 12.1. The predicted octanol–water partition coefficient (Wildman–Crippen LogP) is 2.08. The van der Waals surface area contributed by atoms with Gasteiger partial charge in [-0.15, -0.1) is 0 Å². The van der Waals surface area contributed by atoms with Gasteiger partial charge in [0.05, 0.1) is 6.07 Å². The standard InChI is InChI=1S/C9H13F3N2/c1-2-6-3-8(6)14-5-7(4-13)9(10,11)12/h6-8,14H,2-3,5H2,1H3. The minimum atomic E-state index is -4.40. The molecular weight excluding hydrogens is 193 g/mol. The number of nitrogens with one attached hydrogen (secondary N) is 1. The van der Waals surface area contributed by atoms with Crippen molar-refractivity contribution in [2.75, 3.05) is 6.54 Å². The van der Waals surface area contributed by atoms with Gasteiger partial charge in [0.1, 0.15) is 0 Å². The second-order valence-corrected chi connectivity index (χ2v) is 3.64. The summed E-state index contributed by atoms with van der Waals surface area (Å²) in [5.74, 6) is -1.37. The summed E-state index contributed by atoms with van der Waals surface area (Å²) >= 11 is 0. The Morgan fingerprint density at radius 3 is 2.57 bits per heavy atom. The lowest BCUT2D eigenvalue weighted by Crippen LogP contribution is -2.34. The quantitative estimate of drug-likeness (QED) is 0.764. The summed E-state index contributed by atoms with van der Waals surface area (Å²) in [4.78, 5) is 0. The molecule has 1 fully saturated rings. The van der Waals surface area contributed by atoms with Crippen LogP contribution in [0.4, 0.5) is 13.2 Å². The molecule has 1 aliphatic carbocycles. The predicted molar refractivity (Wildman–Crippen MR) is 45.3 cm³/mol. The Hall–Kier alpha value is -0.760. The van der Waals surface area contributed by atoms with E-state index in [-0.39, 0.29) is 12.6 Å². The van der Waals surface area contributed by atoms with E-state index >= 15 is 0 Å². The summed E-state index contributed by atoms with van der Waals surface area (Å²) in [7, 11) is 0. The van der Waals surface area contributed by atoms with Crippen molar-refractivity contribution < 1.29 is 13.2 Å². The molecule has 0 amide bonds. The normalized spacial score (nSPS) is 28.2. The zero-order chi connectivity index (χ0) is 10.8. The number of nitrogens with zero attached hydrogens (tertiary/aromatic N) is 1. The van der Waals surface area contributed by atoms with Crippen LogP contribution >= 0.6 is 0 Å². The Kier molecular flexibility index (Phi) is 3.38. The van der Waals surface area contributed by atoms with Crippen LogP contribution in [0.25, 0.3) is 0 Å². The smallest absolute Gasteiger partial charge is 0.312 e. The molecule has 0 aromatic heterocycles. The number of hydrogen-bond acceptors (Lipinski definition) is 2. The van der Waals surface area contributed by atoms with Gasteiger partial charge in [0.2, 0.25) is 0 Å². The van der Waals surface area contributed by atoms with Crippen LogP contribution < -0.4 is 5.32 Å². The first-order valence-corrected chi connectivity index (χ1v) is 4.68. The Balaban J connectivity index is 2.27. The molecule has 0 aliphatic heterocycles. The zero-order valence-electron chi connectivity index (χ0n) is 7.93. The maximum Gasteiger partial charge on any atom is 0.405 e. The molecule has 14 heavy (non-hydrogen) atoms. The van der Waals surface area contributed by atoms with Crippen molar-refractivity contribution in [3.05, 3.63) is 0 Å². The highest BCUT2D eigenvalue weighted by Crippen LogP contribution is 2.34. The van der Waals surface area contributed by atoms with Gasteiger partial charge in [-0.05, 0) is 12.3 Å². The summed E-state index contributed by atoms with van der Waals surface area (Å²) < 4.78 is 36.3. The molecule has 0 bridgehead atoms. The molecule has 1 rings (SSSR count). The van der Waals surface area contributed by atoms with Gasteiger partial charge in [0.15, 0.2) is 5.92 Å². The van der Waals surface area contributed by atoms with Gasteiger partial charge in [0, 0.05) is 12.6 Å². The molecule has 0 aromatic carbocycles. The molecule has 0 heterocycles. The van der Waals surface area contributed by atoms with Crippen LogP contribution in [0.2, 0.25) is 0 Å². The van der Waals surface area contributed by atoms with E-state index in [0.29, 0.717) is 5.92 Å². The third-order valence-corrected chi connectivity index (χ3v) is 2.58. The van der Waals surface area contributed by atoms with Crippen LogP contribution in [-0.2, 0) is 0 Å². The number of alkyl halides is 3. The molecule has 1 saturated carbocycles. The molecule has 3 unspecified atom stereocenters. The lowest BCUT2D eigenvalue weighted by atomic mass is 10.1. The molecule has 0 radical (unpaired) electrons. The van der Waals surface area contributed by atoms with Crippen molar-refractivity contribution in [1.29, 1.82) is 5.26 Å². The molecule has 3 atom stereocenters. The van der Waals surface area contributed by atoms with Gasteiger partial charge in [-0.1, -0.05) is 13.3 Å². The average Bonchev–Trinajstić information content (AvgIpc) is 2.82. The Labute approximate surface area is 81.1 Å². The van der Waals surface area contributed by atoms with Gasteiger partial charge >= 0.3 is 6.18 Å². The fraction of sp³-hybridized carbons (Fsp3) is 0.889. The third kappa shape index (κ3) is 2.88.